The summed E-state index contributed by atoms with van der Waals surface area (Å²) >= 11 is 0. The highest BCUT2D eigenvalue weighted by atomic mass is 16.4. The maximum Gasteiger partial charge on any atom is 0.330 e. The number of hydrazine groups is 1. The zero-order valence-electron chi connectivity index (χ0n) is 24.0. The number of aryl methyl sites for hydroxylation is 1. The highest BCUT2D eigenvalue weighted by Gasteiger charge is 2.51. The van der Waals surface area contributed by atoms with Crippen LogP contribution >= 0.6 is 0 Å². The van der Waals surface area contributed by atoms with Crippen LogP contribution in [-0.4, -0.2) is 22.8 Å². The van der Waals surface area contributed by atoms with Crippen molar-refractivity contribution >= 4 is 12.0 Å². The van der Waals surface area contributed by atoms with Gasteiger partial charge in [0.2, 0.25) is 0 Å². The largest absolute Gasteiger partial charge is 0.481 e. The molecule has 2 fully saturated rings. The monoisotopic (exact) mass is 539 g/mol. The van der Waals surface area contributed by atoms with E-state index < -0.39 is 17.0 Å². The molecule has 2 amide bonds. The number of benzene rings is 3. The van der Waals surface area contributed by atoms with Crippen molar-refractivity contribution in [3.63, 3.8) is 0 Å². The number of urea groups is 1. The lowest BCUT2D eigenvalue weighted by atomic mass is 9.83. The Morgan fingerprint density at radius 1 is 0.950 bits per heavy atom. The van der Waals surface area contributed by atoms with Gasteiger partial charge in [0.1, 0.15) is 5.66 Å². The van der Waals surface area contributed by atoms with Gasteiger partial charge in [-0.1, -0.05) is 100 Å². The van der Waals surface area contributed by atoms with Gasteiger partial charge in [-0.3, -0.25) is 10.2 Å². The minimum Gasteiger partial charge on any atom is -0.481 e. The molecule has 210 valence electrons. The number of amides is 2. The maximum atomic E-state index is 12.2. The Morgan fingerprint density at radius 2 is 1.62 bits per heavy atom. The molecule has 0 radical (unpaired) electrons. The SMILES string of the molecule is CC(Cc1ccc(C(C)(C)C)cc1)C1(CCCc2cccc(-c3cccc(C4(C(=O)O)CC4)c3)c2)NNC(=O)N1. The van der Waals surface area contributed by atoms with Crippen LogP contribution in [0.5, 0.6) is 0 Å². The molecule has 2 unspecified atom stereocenters. The van der Waals surface area contributed by atoms with E-state index in [2.05, 4.69) is 98.5 Å². The summed E-state index contributed by atoms with van der Waals surface area (Å²) in [4.78, 5) is 24.1. The molecule has 1 heterocycles. The van der Waals surface area contributed by atoms with Crippen molar-refractivity contribution in [2.75, 3.05) is 0 Å². The summed E-state index contributed by atoms with van der Waals surface area (Å²) in [7, 11) is 0. The number of hydrogen-bond acceptors (Lipinski definition) is 3. The third kappa shape index (κ3) is 5.78. The predicted octanol–water partition coefficient (Wildman–Crippen LogP) is 6.48. The van der Waals surface area contributed by atoms with Crippen LogP contribution < -0.4 is 16.2 Å². The third-order valence-electron chi connectivity index (χ3n) is 8.81. The normalized spacial score (nSPS) is 20.4. The molecule has 0 bridgehead atoms. The van der Waals surface area contributed by atoms with Gasteiger partial charge in [-0.25, -0.2) is 10.2 Å². The van der Waals surface area contributed by atoms with Gasteiger partial charge in [0.25, 0.3) is 0 Å². The molecule has 6 heteroatoms. The number of hydrogen-bond donors (Lipinski definition) is 4. The Labute approximate surface area is 237 Å². The molecular weight excluding hydrogens is 498 g/mol. The highest BCUT2D eigenvalue weighted by molar-refractivity contribution is 5.85. The lowest BCUT2D eigenvalue weighted by molar-refractivity contribution is -0.140. The zero-order valence-corrected chi connectivity index (χ0v) is 24.0. The van der Waals surface area contributed by atoms with Crippen LogP contribution in [0.4, 0.5) is 4.79 Å². The first-order valence-corrected chi connectivity index (χ1v) is 14.4. The molecule has 40 heavy (non-hydrogen) atoms. The van der Waals surface area contributed by atoms with E-state index >= 15 is 0 Å². The summed E-state index contributed by atoms with van der Waals surface area (Å²) in [6, 6.07) is 25.1. The molecule has 5 rings (SSSR count). The van der Waals surface area contributed by atoms with E-state index in [1.54, 1.807) is 0 Å². The lowest BCUT2D eigenvalue weighted by Gasteiger charge is -2.35. The summed E-state index contributed by atoms with van der Waals surface area (Å²) in [6.07, 6.45) is 4.81. The first-order valence-electron chi connectivity index (χ1n) is 14.4. The molecule has 1 saturated heterocycles. The average Bonchev–Trinajstić information content (AvgIpc) is 3.66. The molecule has 6 nitrogen and oxygen atoms in total. The van der Waals surface area contributed by atoms with Crippen molar-refractivity contribution < 1.29 is 14.7 Å². The van der Waals surface area contributed by atoms with E-state index in [0.29, 0.717) is 12.8 Å². The fraction of sp³-hybridized carbons (Fsp3) is 0.412. The van der Waals surface area contributed by atoms with Gasteiger partial charge in [0.15, 0.2) is 0 Å². The molecule has 1 aliphatic carbocycles. The fourth-order valence-corrected chi connectivity index (χ4v) is 5.94. The van der Waals surface area contributed by atoms with Gasteiger partial charge in [-0.2, -0.15) is 0 Å². The number of carboxylic acid groups (broad SMARTS) is 1. The van der Waals surface area contributed by atoms with Crippen molar-refractivity contribution in [1.82, 2.24) is 16.2 Å². The molecule has 2 atom stereocenters. The molecule has 0 aromatic heterocycles. The van der Waals surface area contributed by atoms with Crippen LogP contribution in [0.1, 0.15) is 75.6 Å². The molecule has 3 aromatic rings. The van der Waals surface area contributed by atoms with E-state index in [0.717, 1.165) is 42.4 Å². The van der Waals surface area contributed by atoms with Crippen molar-refractivity contribution in [3.8, 4) is 11.1 Å². The Bertz CT molecular complexity index is 1390. The maximum absolute atomic E-state index is 12.2. The molecule has 3 aromatic carbocycles. The Kier molecular flexibility index (Phi) is 7.49. The van der Waals surface area contributed by atoms with Crippen molar-refractivity contribution in [3.05, 3.63) is 95.1 Å². The van der Waals surface area contributed by atoms with Crippen LogP contribution in [0.15, 0.2) is 72.8 Å². The zero-order chi connectivity index (χ0) is 28.5. The van der Waals surface area contributed by atoms with Crippen LogP contribution in [0.2, 0.25) is 0 Å². The summed E-state index contributed by atoms with van der Waals surface area (Å²) in [5, 5.41) is 12.9. The molecule has 0 spiro atoms. The smallest absolute Gasteiger partial charge is 0.330 e. The van der Waals surface area contributed by atoms with E-state index in [1.165, 1.54) is 16.7 Å². The second-order valence-electron chi connectivity index (χ2n) is 12.7. The standard InChI is InChI=1S/C34H41N3O3/c1-23(20-25-13-15-28(16-14-25)32(2,3)4)34(35-31(40)36-37-34)17-7-9-24-8-5-10-26(21-24)27-11-6-12-29(22-27)33(18-19-33)30(38)39/h5-6,8,10-16,21-23,37H,7,9,17-20H2,1-4H3,(H,38,39)(H2,35,36,40). The van der Waals surface area contributed by atoms with Crippen LogP contribution in [0.25, 0.3) is 11.1 Å². The van der Waals surface area contributed by atoms with Crippen molar-refractivity contribution in [2.45, 2.75) is 82.7 Å². The van der Waals surface area contributed by atoms with Gasteiger partial charge < -0.3 is 10.4 Å². The van der Waals surface area contributed by atoms with E-state index in [1.807, 2.05) is 18.2 Å². The third-order valence-corrected chi connectivity index (χ3v) is 8.81. The average molecular weight is 540 g/mol. The van der Waals surface area contributed by atoms with Gasteiger partial charge in [-0.05, 0) is 83.2 Å². The Hall–Kier alpha value is -3.64. The molecule has 1 aliphatic heterocycles. The van der Waals surface area contributed by atoms with Crippen LogP contribution in [0.3, 0.4) is 0 Å². The van der Waals surface area contributed by atoms with Crippen molar-refractivity contribution in [1.29, 1.82) is 0 Å². The topological polar surface area (TPSA) is 90.5 Å². The predicted molar refractivity (Wildman–Crippen MR) is 159 cm³/mol. The number of carboxylic acids is 1. The van der Waals surface area contributed by atoms with Crippen LogP contribution in [0, 0.1) is 5.92 Å². The first-order chi connectivity index (χ1) is 19.0. The number of carbonyl (C=O) groups excluding carboxylic acids is 1. The first kappa shape index (κ1) is 27.9. The van der Waals surface area contributed by atoms with Gasteiger partial charge in [-0.15, -0.1) is 0 Å². The molecule has 4 N–H and O–H groups in total. The quantitative estimate of drug-likeness (QED) is 0.237. The minimum atomic E-state index is -0.731. The fourth-order valence-electron chi connectivity index (χ4n) is 5.94. The molecule has 1 saturated carbocycles. The van der Waals surface area contributed by atoms with E-state index in [-0.39, 0.29) is 17.4 Å². The second-order valence-corrected chi connectivity index (χ2v) is 12.7. The molecular formula is C34H41N3O3. The van der Waals surface area contributed by atoms with Gasteiger partial charge in [0, 0.05) is 0 Å². The summed E-state index contributed by atoms with van der Waals surface area (Å²) in [5.41, 5.74) is 11.8. The van der Waals surface area contributed by atoms with Gasteiger partial charge in [0.05, 0.1) is 5.41 Å². The summed E-state index contributed by atoms with van der Waals surface area (Å²) in [5.74, 6) is -0.560. The number of rotatable bonds is 10. The number of nitrogens with one attached hydrogen (secondary N) is 3. The summed E-state index contributed by atoms with van der Waals surface area (Å²) in [6.45, 7) is 8.85. The number of aliphatic carboxylic acids is 1. The Morgan fingerprint density at radius 3 is 2.23 bits per heavy atom. The Balaban J connectivity index is 1.25. The molecule has 2 aliphatic rings. The van der Waals surface area contributed by atoms with Gasteiger partial charge >= 0.3 is 12.0 Å². The highest BCUT2D eigenvalue weighted by Crippen LogP contribution is 2.49. The second kappa shape index (κ2) is 10.7. The minimum absolute atomic E-state index is 0.119. The summed E-state index contributed by atoms with van der Waals surface area (Å²) < 4.78 is 0. The lowest BCUT2D eigenvalue weighted by Crippen LogP contribution is -2.56. The van der Waals surface area contributed by atoms with E-state index in [9.17, 15) is 14.7 Å². The van der Waals surface area contributed by atoms with Crippen LogP contribution in [-0.2, 0) is 28.5 Å². The number of carbonyl (C=O) groups is 2. The van der Waals surface area contributed by atoms with Crippen molar-refractivity contribution in [2.24, 2.45) is 5.92 Å². The van der Waals surface area contributed by atoms with E-state index in [4.69, 9.17) is 0 Å².